The van der Waals surface area contributed by atoms with Gasteiger partial charge in [-0.3, -0.25) is 0 Å². The van der Waals surface area contributed by atoms with Gasteiger partial charge in [0, 0.05) is 0 Å². The average Bonchev–Trinajstić information content (AvgIpc) is 2.57. The van der Waals surface area contributed by atoms with Crippen molar-refractivity contribution in [3.8, 4) is 0 Å². The average molecular weight is 212 g/mol. The molecule has 2 atom stereocenters. The molecule has 0 fully saturated rings. The van der Waals surface area contributed by atoms with Crippen LogP contribution in [0.4, 0.5) is 0 Å². The van der Waals surface area contributed by atoms with E-state index in [1.165, 1.54) is 0 Å². The van der Waals surface area contributed by atoms with Gasteiger partial charge in [-0.1, -0.05) is 20.3 Å². The molecule has 0 aromatic heterocycles. The van der Waals surface area contributed by atoms with Crippen LogP contribution >= 0.6 is 12.2 Å². The standard InChI is InChI=1S/C9H12N2O2S/c1-3-5(2)7(10)8-11-6(4-14)9(12)13-8/h5,7H,3,10H2,1-2H3/t5-,7-/m0/s1. The van der Waals surface area contributed by atoms with Crippen LogP contribution in [0.2, 0.25) is 0 Å². The Morgan fingerprint density at radius 1 is 1.71 bits per heavy atom. The third-order valence-electron chi connectivity index (χ3n) is 2.25. The predicted octanol–water partition coefficient (Wildman–Crippen LogP) is 0.798. The van der Waals surface area contributed by atoms with Crippen molar-refractivity contribution >= 4 is 29.1 Å². The summed E-state index contributed by atoms with van der Waals surface area (Å²) in [7, 11) is 0. The van der Waals surface area contributed by atoms with E-state index >= 15 is 0 Å². The number of aliphatic imine (C=N–C) groups is 1. The third-order valence-corrected chi connectivity index (χ3v) is 2.44. The van der Waals surface area contributed by atoms with Crippen molar-refractivity contribution in [3.63, 3.8) is 0 Å². The monoisotopic (exact) mass is 212 g/mol. The maximum atomic E-state index is 11.1. The fraction of sp³-hybridized carbons (Fsp3) is 0.556. The van der Waals surface area contributed by atoms with Crippen molar-refractivity contribution in [1.82, 2.24) is 0 Å². The van der Waals surface area contributed by atoms with Crippen molar-refractivity contribution in [1.29, 1.82) is 0 Å². The SMILES string of the molecule is CC[C@H](C)[C@H](N)C1=NC(=C=S)C(=O)O1. The summed E-state index contributed by atoms with van der Waals surface area (Å²) < 4.78 is 4.87. The van der Waals surface area contributed by atoms with Crippen LogP contribution in [0.25, 0.3) is 0 Å². The molecule has 0 radical (unpaired) electrons. The van der Waals surface area contributed by atoms with Gasteiger partial charge in [0.1, 0.15) is 0 Å². The number of esters is 1. The first-order valence-electron chi connectivity index (χ1n) is 4.41. The van der Waals surface area contributed by atoms with Gasteiger partial charge in [0.15, 0.2) is 0 Å². The molecular formula is C9H12N2O2S. The smallest absolute Gasteiger partial charge is 0.372 e. The summed E-state index contributed by atoms with van der Waals surface area (Å²) in [6, 6.07) is -0.357. The number of hydrogen-bond acceptors (Lipinski definition) is 5. The molecule has 1 rings (SSSR count). The Bertz CT molecular complexity index is 332. The van der Waals surface area contributed by atoms with Crippen LogP contribution in [0.5, 0.6) is 0 Å². The summed E-state index contributed by atoms with van der Waals surface area (Å²) in [6.07, 6.45) is 0.897. The van der Waals surface area contributed by atoms with Gasteiger partial charge < -0.3 is 10.5 Å². The Morgan fingerprint density at radius 2 is 2.36 bits per heavy atom. The van der Waals surface area contributed by atoms with Crippen molar-refractivity contribution < 1.29 is 9.53 Å². The maximum absolute atomic E-state index is 11.1. The Labute approximate surface area is 87.8 Å². The van der Waals surface area contributed by atoms with Gasteiger partial charge in [-0.2, -0.15) is 4.99 Å². The van der Waals surface area contributed by atoms with Crippen LogP contribution in [0.1, 0.15) is 20.3 Å². The highest BCUT2D eigenvalue weighted by Gasteiger charge is 2.29. The van der Waals surface area contributed by atoms with Crippen LogP contribution in [-0.4, -0.2) is 22.9 Å². The molecule has 0 saturated heterocycles. The number of carbonyl (C=O) groups is 1. The molecule has 0 spiro atoms. The van der Waals surface area contributed by atoms with Gasteiger partial charge in [0.25, 0.3) is 0 Å². The number of nitrogens with zero attached hydrogens (tertiary/aromatic N) is 1. The van der Waals surface area contributed by atoms with E-state index in [4.69, 9.17) is 10.5 Å². The van der Waals surface area contributed by atoms with Gasteiger partial charge >= 0.3 is 5.97 Å². The zero-order valence-electron chi connectivity index (χ0n) is 8.11. The molecule has 1 aliphatic heterocycles. The van der Waals surface area contributed by atoms with E-state index in [1.807, 2.05) is 13.8 Å². The van der Waals surface area contributed by atoms with Gasteiger partial charge in [-0.15, -0.1) is 0 Å². The molecule has 4 nitrogen and oxygen atoms in total. The van der Waals surface area contributed by atoms with Gasteiger partial charge in [-0.25, -0.2) is 4.79 Å². The zero-order valence-corrected chi connectivity index (χ0v) is 8.93. The molecular weight excluding hydrogens is 200 g/mol. The van der Waals surface area contributed by atoms with Crippen molar-refractivity contribution in [2.24, 2.45) is 16.6 Å². The van der Waals surface area contributed by atoms with E-state index in [1.54, 1.807) is 0 Å². The first-order chi connectivity index (χ1) is 6.60. The van der Waals surface area contributed by atoms with E-state index in [0.717, 1.165) is 6.42 Å². The van der Waals surface area contributed by atoms with Crippen LogP contribution < -0.4 is 5.73 Å². The fourth-order valence-electron chi connectivity index (χ4n) is 1.03. The molecule has 14 heavy (non-hydrogen) atoms. The second-order valence-corrected chi connectivity index (χ2v) is 3.41. The molecule has 5 heteroatoms. The lowest BCUT2D eigenvalue weighted by atomic mass is 10.0. The molecule has 2 N–H and O–H groups in total. The largest absolute Gasteiger partial charge is 0.405 e. The molecule has 0 aromatic rings. The van der Waals surface area contributed by atoms with Gasteiger partial charge in [-0.05, 0) is 23.2 Å². The molecule has 0 unspecified atom stereocenters. The highest BCUT2D eigenvalue weighted by Crippen LogP contribution is 2.15. The minimum absolute atomic E-state index is 0.0359. The molecule has 0 aromatic carbocycles. The Kier molecular flexibility index (Phi) is 3.52. The lowest BCUT2D eigenvalue weighted by Crippen LogP contribution is -2.37. The lowest BCUT2D eigenvalue weighted by molar-refractivity contribution is -0.130. The summed E-state index contributed by atoms with van der Waals surface area (Å²) in [5.74, 6) is -0.100. The van der Waals surface area contributed by atoms with E-state index in [0.29, 0.717) is 0 Å². The number of thiocarbonyl (C=S) groups is 1. The first kappa shape index (κ1) is 11.0. The zero-order chi connectivity index (χ0) is 10.7. The summed E-state index contributed by atoms with van der Waals surface area (Å²) >= 11 is 4.49. The Morgan fingerprint density at radius 3 is 2.79 bits per heavy atom. The van der Waals surface area contributed by atoms with Gasteiger partial charge in [0.2, 0.25) is 11.6 Å². The van der Waals surface area contributed by atoms with E-state index < -0.39 is 5.97 Å². The topological polar surface area (TPSA) is 64.7 Å². The van der Waals surface area contributed by atoms with Crippen LogP contribution in [0.15, 0.2) is 10.7 Å². The summed E-state index contributed by atoms with van der Waals surface area (Å²) in [6.45, 7) is 3.98. The molecule has 1 heterocycles. The predicted molar refractivity (Wildman–Crippen MR) is 57.1 cm³/mol. The Hall–Kier alpha value is -1.03. The Balaban J connectivity index is 2.82. The maximum Gasteiger partial charge on any atom is 0.372 e. The number of hydrogen-bond donors (Lipinski definition) is 1. The summed E-state index contributed by atoms with van der Waals surface area (Å²) in [4.78, 5) is 15.0. The number of nitrogens with two attached hydrogens (primary N) is 1. The molecule has 0 amide bonds. The minimum Gasteiger partial charge on any atom is -0.405 e. The van der Waals surface area contributed by atoms with E-state index in [9.17, 15) is 4.79 Å². The van der Waals surface area contributed by atoms with E-state index in [-0.39, 0.29) is 23.6 Å². The first-order valence-corrected chi connectivity index (χ1v) is 4.82. The third kappa shape index (κ3) is 2.07. The molecule has 0 saturated carbocycles. The number of rotatable bonds is 3. The van der Waals surface area contributed by atoms with Crippen molar-refractivity contribution in [2.75, 3.05) is 0 Å². The quantitative estimate of drug-likeness (QED) is 0.427. The highest BCUT2D eigenvalue weighted by molar-refractivity contribution is 7.78. The normalized spacial score (nSPS) is 19.8. The number of ether oxygens (including phenoxy) is 1. The lowest BCUT2D eigenvalue weighted by Gasteiger charge is -2.16. The second-order valence-electron chi connectivity index (χ2n) is 3.20. The second kappa shape index (κ2) is 4.46. The molecule has 76 valence electrons. The minimum atomic E-state index is -0.561. The summed E-state index contributed by atoms with van der Waals surface area (Å²) in [5.41, 5.74) is 5.86. The van der Waals surface area contributed by atoms with Crippen molar-refractivity contribution in [3.05, 3.63) is 5.70 Å². The van der Waals surface area contributed by atoms with Gasteiger partial charge in [0.05, 0.1) is 6.04 Å². The highest BCUT2D eigenvalue weighted by atomic mass is 32.1. The summed E-state index contributed by atoms with van der Waals surface area (Å²) in [5, 5.41) is 2.24. The van der Waals surface area contributed by atoms with Crippen molar-refractivity contribution in [2.45, 2.75) is 26.3 Å². The number of cyclic esters (lactones) is 1. The fourth-order valence-corrected chi connectivity index (χ4v) is 1.16. The van der Waals surface area contributed by atoms with Crippen LogP contribution in [-0.2, 0) is 9.53 Å². The number of carbonyl (C=O) groups excluding carboxylic acids is 1. The van der Waals surface area contributed by atoms with Crippen LogP contribution in [0.3, 0.4) is 0 Å². The van der Waals surface area contributed by atoms with E-state index in [2.05, 4.69) is 22.2 Å². The van der Waals surface area contributed by atoms with Crippen LogP contribution in [0, 0.1) is 5.92 Å². The molecule has 0 aliphatic carbocycles. The molecule has 1 aliphatic rings. The molecule has 0 bridgehead atoms.